The predicted octanol–water partition coefficient (Wildman–Crippen LogP) is 4.68. The van der Waals surface area contributed by atoms with E-state index in [4.69, 9.17) is 0 Å². The Morgan fingerprint density at radius 2 is 1.57 bits per heavy atom. The highest BCUT2D eigenvalue weighted by molar-refractivity contribution is 5.89. The monoisotopic (exact) mass is 280 g/mol. The fourth-order valence-corrected chi connectivity index (χ4v) is 2.73. The number of hydrogen-bond donors (Lipinski definition) is 1. The largest absolute Gasteiger partial charge is 0.384 e. The van der Waals surface area contributed by atoms with E-state index in [-0.39, 0.29) is 5.82 Å². The molecule has 0 radical (unpaired) electrons. The summed E-state index contributed by atoms with van der Waals surface area (Å²) in [5.41, 5.74) is 3.28. The van der Waals surface area contributed by atoms with Crippen LogP contribution < -0.4 is 0 Å². The van der Waals surface area contributed by atoms with Crippen molar-refractivity contribution < 1.29 is 9.50 Å². The Balaban J connectivity index is 2.15. The topological polar surface area (TPSA) is 20.2 Å². The van der Waals surface area contributed by atoms with Crippen LogP contribution in [0.3, 0.4) is 0 Å². The van der Waals surface area contributed by atoms with Crippen molar-refractivity contribution in [1.29, 1.82) is 0 Å². The summed E-state index contributed by atoms with van der Waals surface area (Å²) in [6.07, 6.45) is -0.755. The van der Waals surface area contributed by atoms with Gasteiger partial charge in [-0.3, -0.25) is 0 Å². The van der Waals surface area contributed by atoms with Crippen molar-refractivity contribution in [3.05, 3.63) is 82.7 Å². The molecule has 0 aliphatic carbocycles. The molecule has 0 fully saturated rings. The molecule has 1 nitrogen and oxygen atoms in total. The molecule has 3 aromatic carbocycles. The average Bonchev–Trinajstić information content (AvgIpc) is 2.50. The molecule has 0 amide bonds. The molecule has 0 spiro atoms. The van der Waals surface area contributed by atoms with Crippen LogP contribution in [0, 0.1) is 19.7 Å². The quantitative estimate of drug-likeness (QED) is 0.722. The molecule has 3 aromatic rings. The molecule has 1 atom stereocenters. The second-order valence-electron chi connectivity index (χ2n) is 5.43. The van der Waals surface area contributed by atoms with E-state index in [2.05, 4.69) is 13.0 Å². The van der Waals surface area contributed by atoms with Crippen molar-refractivity contribution in [1.82, 2.24) is 0 Å². The van der Waals surface area contributed by atoms with Gasteiger partial charge < -0.3 is 5.11 Å². The van der Waals surface area contributed by atoms with Crippen LogP contribution in [-0.2, 0) is 0 Å². The summed E-state index contributed by atoms with van der Waals surface area (Å²) in [5.74, 6) is -0.250. The number of hydrogen-bond acceptors (Lipinski definition) is 1. The first kappa shape index (κ1) is 13.8. The summed E-state index contributed by atoms with van der Waals surface area (Å²) in [5, 5.41) is 12.8. The molecule has 1 N–H and O–H groups in total. The molecular formula is C19H17FO. The molecule has 1 unspecified atom stereocenters. The van der Waals surface area contributed by atoms with E-state index in [9.17, 15) is 9.50 Å². The zero-order valence-corrected chi connectivity index (χ0v) is 12.1. The number of fused-ring (bicyclic) bond motifs is 1. The molecule has 0 aliphatic heterocycles. The van der Waals surface area contributed by atoms with Crippen LogP contribution in [0.2, 0.25) is 0 Å². The summed E-state index contributed by atoms with van der Waals surface area (Å²) < 4.78 is 13.4. The van der Waals surface area contributed by atoms with Crippen LogP contribution >= 0.6 is 0 Å². The number of halogens is 1. The lowest BCUT2D eigenvalue weighted by atomic mass is 9.93. The average molecular weight is 280 g/mol. The lowest BCUT2D eigenvalue weighted by Crippen LogP contribution is -2.02. The third-order valence-corrected chi connectivity index (χ3v) is 3.97. The zero-order valence-electron chi connectivity index (χ0n) is 12.1. The number of rotatable bonds is 2. The second-order valence-corrected chi connectivity index (χ2v) is 5.43. The lowest BCUT2D eigenvalue weighted by Gasteiger charge is -2.16. The standard InChI is InChI=1S/C19H17FO/c1-12-7-9-17(16-6-4-3-5-15(12)16)19(21)14-8-10-18(20)13(2)11-14/h3-11,19,21H,1-2H3. The van der Waals surface area contributed by atoms with Gasteiger partial charge >= 0.3 is 0 Å². The molecule has 0 aliphatic rings. The highest BCUT2D eigenvalue weighted by Gasteiger charge is 2.15. The molecule has 106 valence electrons. The Morgan fingerprint density at radius 3 is 2.29 bits per heavy atom. The molecule has 0 bridgehead atoms. The fourth-order valence-electron chi connectivity index (χ4n) is 2.73. The Bertz CT molecular complexity index is 808. The summed E-state index contributed by atoms with van der Waals surface area (Å²) >= 11 is 0. The Hall–Kier alpha value is -2.19. The minimum atomic E-state index is -0.755. The third kappa shape index (κ3) is 2.43. The number of benzene rings is 3. The summed E-state index contributed by atoms with van der Waals surface area (Å²) in [6, 6.07) is 16.7. The highest BCUT2D eigenvalue weighted by atomic mass is 19.1. The lowest BCUT2D eigenvalue weighted by molar-refractivity contribution is 0.221. The molecule has 3 rings (SSSR count). The number of aliphatic hydroxyl groups excluding tert-OH is 1. The van der Waals surface area contributed by atoms with Crippen molar-refractivity contribution in [3.8, 4) is 0 Å². The van der Waals surface area contributed by atoms with Crippen LogP contribution in [0.1, 0.15) is 28.4 Å². The van der Waals surface area contributed by atoms with Crippen LogP contribution in [0.5, 0.6) is 0 Å². The normalized spacial score (nSPS) is 12.6. The van der Waals surface area contributed by atoms with E-state index >= 15 is 0 Å². The highest BCUT2D eigenvalue weighted by Crippen LogP contribution is 2.31. The first-order valence-electron chi connectivity index (χ1n) is 7.00. The second kappa shape index (κ2) is 5.30. The predicted molar refractivity (Wildman–Crippen MR) is 83.9 cm³/mol. The van der Waals surface area contributed by atoms with Crippen LogP contribution in [0.25, 0.3) is 10.8 Å². The van der Waals surface area contributed by atoms with Gasteiger partial charge in [-0.2, -0.15) is 0 Å². The molecule has 0 saturated carbocycles. The summed E-state index contributed by atoms with van der Waals surface area (Å²) in [6.45, 7) is 3.76. The van der Waals surface area contributed by atoms with Crippen molar-refractivity contribution >= 4 is 10.8 Å². The van der Waals surface area contributed by atoms with Crippen LogP contribution in [0.15, 0.2) is 54.6 Å². The van der Waals surface area contributed by atoms with Gasteiger partial charge in [-0.1, -0.05) is 48.5 Å². The van der Waals surface area contributed by atoms with E-state index in [1.807, 2.05) is 30.3 Å². The minimum Gasteiger partial charge on any atom is -0.384 e. The van der Waals surface area contributed by atoms with Gasteiger partial charge in [-0.05, 0) is 52.9 Å². The molecule has 0 heterocycles. The molecule has 0 saturated heterocycles. The van der Waals surface area contributed by atoms with Crippen molar-refractivity contribution in [3.63, 3.8) is 0 Å². The van der Waals surface area contributed by atoms with E-state index in [1.165, 1.54) is 11.6 Å². The molecule has 2 heteroatoms. The molecular weight excluding hydrogens is 263 g/mol. The zero-order chi connectivity index (χ0) is 15.0. The van der Waals surface area contributed by atoms with Gasteiger partial charge in [0.1, 0.15) is 11.9 Å². The first-order chi connectivity index (χ1) is 10.1. The smallest absolute Gasteiger partial charge is 0.126 e. The van der Waals surface area contributed by atoms with Crippen LogP contribution in [-0.4, -0.2) is 5.11 Å². The van der Waals surface area contributed by atoms with E-state index in [0.717, 1.165) is 16.3 Å². The van der Waals surface area contributed by atoms with Gasteiger partial charge in [0, 0.05) is 0 Å². The maximum atomic E-state index is 13.4. The van der Waals surface area contributed by atoms with Gasteiger partial charge in [-0.15, -0.1) is 0 Å². The first-order valence-corrected chi connectivity index (χ1v) is 7.00. The van der Waals surface area contributed by atoms with Crippen LogP contribution in [0.4, 0.5) is 4.39 Å². The number of aryl methyl sites for hydroxylation is 2. The maximum absolute atomic E-state index is 13.4. The fraction of sp³-hybridized carbons (Fsp3) is 0.158. The maximum Gasteiger partial charge on any atom is 0.126 e. The Morgan fingerprint density at radius 1 is 0.857 bits per heavy atom. The van der Waals surface area contributed by atoms with Gasteiger partial charge in [0.05, 0.1) is 0 Å². The SMILES string of the molecule is Cc1cc(C(O)c2ccc(C)c3ccccc23)ccc1F. The van der Waals surface area contributed by atoms with Gasteiger partial charge in [0.15, 0.2) is 0 Å². The third-order valence-electron chi connectivity index (χ3n) is 3.97. The summed E-state index contributed by atoms with van der Waals surface area (Å²) in [7, 11) is 0. The van der Waals surface area contributed by atoms with E-state index in [1.54, 1.807) is 19.1 Å². The molecule has 21 heavy (non-hydrogen) atoms. The number of aliphatic hydroxyl groups is 1. The Labute approximate surface area is 123 Å². The van der Waals surface area contributed by atoms with Crippen molar-refractivity contribution in [2.75, 3.05) is 0 Å². The van der Waals surface area contributed by atoms with E-state index < -0.39 is 6.10 Å². The molecule has 0 aromatic heterocycles. The van der Waals surface area contributed by atoms with Gasteiger partial charge in [0.25, 0.3) is 0 Å². The Kier molecular flexibility index (Phi) is 3.48. The summed E-state index contributed by atoms with van der Waals surface area (Å²) in [4.78, 5) is 0. The van der Waals surface area contributed by atoms with E-state index in [0.29, 0.717) is 11.1 Å². The van der Waals surface area contributed by atoms with Gasteiger partial charge in [0.2, 0.25) is 0 Å². The van der Waals surface area contributed by atoms with Crippen molar-refractivity contribution in [2.45, 2.75) is 20.0 Å². The van der Waals surface area contributed by atoms with Gasteiger partial charge in [-0.25, -0.2) is 4.39 Å². The van der Waals surface area contributed by atoms with Crippen molar-refractivity contribution in [2.24, 2.45) is 0 Å². The minimum absolute atomic E-state index is 0.250.